The van der Waals surface area contributed by atoms with Crippen molar-refractivity contribution in [3.63, 3.8) is 0 Å². The normalized spacial score (nSPS) is 16.1. The zero-order valence-electron chi connectivity index (χ0n) is 8.41. The molecule has 0 radical (unpaired) electrons. The van der Waals surface area contributed by atoms with Gasteiger partial charge in [0.1, 0.15) is 11.6 Å². The van der Waals surface area contributed by atoms with Gasteiger partial charge in [0.05, 0.1) is 0 Å². The second-order valence-corrected chi connectivity index (χ2v) is 3.84. The Morgan fingerprint density at radius 2 is 2.00 bits per heavy atom. The van der Waals surface area contributed by atoms with Gasteiger partial charge in [-0.2, -0.15) is 0 Å². The van der Waals surface area contributed by atoms with Crippen molar-refractivity contribution in [3.8, 4) is 5.75 Å². The first kappa shape index (κ1) is 10.2. The SMILES string of the molecule is Oc1cc(F)cc(CNC2CC=CC2)c1. The van der Waals surface area contributed by atoms with E-state index >= 15 is 0 Å². The van der Waals surface area contributed by atoms with Crippen molar-refractivity contribution in [2.24, 2.45) is 0 Å². The number of benzene rings is 1. The van der Waals surface area contributed by atoms with Gasteiger partial charge in [-0.15, -0.1) is 0 Å². The van der Waals surface area contributed by atoms with Crippen molar-refractivity contribution >= 4 is 0 Å². The van der Waals surface area contributed by atoms with Gasteiger partial charge >= 0.3 is 0 Å². The van der Waals surface area contributed by atoms with Crippen molar-refractivity contribution < 1.29 is 9.50 Å². The molecule has 2 N–H and O–H groups in total. The van der Waals surface area contributed by atoms with Gasteiger partial charge in [-0.1, -0.05) is 12.2 Å². The van der Waals surface area contributed by atoms with Crippen LogP contribution in [0.3, 0.4) is 0 Å². The zero-order valence-corrected chi connectivity index (χ0v) is 8.41. The highest BCUT2D eigenvalue weighted by Crippen LogP contribution is 2.15. The summed E-state index contributed by atoms with van der Waals surface area (Å²) in [7, 11) is 0. The molecular formula is C12H14FNO. The van der Waals surface area contributed by atoms with Gasteiger partial charge in [-0.05, 0) is 30.5 Å². The summed E-state index contributed by atoms with van der Waals surface area (Å²) in [6, 6.07) is 4.59. The van der Waals surface area contributed by atoms with Gasteiger partial charge in [0.25, 0.3) is 0 Å². The Morgan fingerprint density at radius 1 is 1.27 bits per heavy atom. The number of phenols is 1. The molecule has 2 rings (SSSR count). The first-order valence-electron chi connectivity index (χ1n) is 5.11. The maximum atomic E-state index is 12.9. The summed E-state index contributed by atoms with van der Waals surface area (Å²) in [5.74, 6) is -0.410. The van der Waals surface area contributed by atoms with Crippen LogP contribution in [0.15, 0.2) is 30.4 Å². The minimum atomic E-state index is -0.392. The Hall–Kier alpha value is -1.35. The lowest BCUT2D eigenvalue weighted by Crippen LogP contribution is -2.25. The van der Waals surface area contributed by atoms with Crippen LogP contribution in [0, 0.1) is 5.82 Å². The molecule has 0 aromatic heterocycles. The molecule has 1 aliphatic carbocycles. The van der Waals surface area contributed by atoms with Crippen molar-refractivity contribution in [1.82, 2.24) is 5.32 Å². The highest BCUT2D eigenvalue weighted by atomic mass is 19.1. The Kier molecular flexibility index (Phi) is 3.02. The van der Waals surface area contributed by atoms with E-state index in [1.54, 1.807) is 6.07 Å². The molecule has 0 bridgehead atoms. The lowest BCUT2D eigenvalue weighted by molar-refractivity contribution is 0.466. The molecule has 0 spiro atoms. The number of hydrogen-bond donors (Lipinski definition) is 2. The molecule has 0 unspecified atom stereocenters. The summed E-state index contributed by atoms with van der Waals surface area (Å²) in [5.41, 5.74) is 0.777. The van der Waals surface area contributed by atoms with E-state index in [1.807, 2.05) is 0 Å². The zero-order chi connectivity index (χ0) is 10.7. The smallest absolute Gasteiger partial charge is 0.127 e. The van der Waals surface area contributed by atoms with Gasteiger partial charge in [0.2, 0.25) is 0 Å². The molecule has 0 saturated heterocycles. The number of phenolic OH excluding ortho intramolecular Hbond substituents is 1. The largest absolute Gasteiger partial charge is 0.508 e. The van der Waals surface area contributed by atoms with Crippen molar-refractivity contribution in [1.29, 1.82) is 0 Å². The molecular weight excluding hydrogens is 193 g/mol. The molecule has 3 heteroatoms. The minimum absolute atomic E-state index is 0.0173. The van der Waals surface area contributed by atoms with Crippen LogP contribution in [0.5, 0.6) is 5.75 Å². The predicted molar refractivity (Wildman–Crippen MR) is 57.1 cm³/mol. The maximum absolute atomic E-state index is 12.9. The van der Waals surface area contributed by atoms with E-state index in [0.29, 0.717) is 12.6 Å². The van der Waals surface area contributed by atoms with Gasteiger partial charge in [-0.25, -0.2) is 4.39 Å². The average Bonchev–Trinajstić information content (AvgIpc) is 2.65. The Bertz CT molecular complexity index is 348. The first-order valence-corrected chi connectivity index (χ1v) is 5.11. The van der Waals surface area contributed by atoms with Gasteiger partial charge in [0, 0.05) is 18.7 Å². The summed E-state index contributed by atoms with van der Waals surface area (Å²) in [6.07, 6.45) is 6.34. The quantitative estimate of drug-likeness (QED) is 0.746. The van der Waals surface area contributed by atoms with E-state index in [1.165, 1.54) is 6.07 Å². The Balaban J connectivity index is 1.92. The van der Waals surface area contributed by atoms with E-state index < -0.39 is 5.82 Å². The summed E-state index contributed by atoms with van der Waals surface area (Å²) in [4.78, 5) is 0. The summed E-state index contributed by atoms with van der Waals surface area (Å²) < 4.78 is 12.9. The minimum Gasteiger partial charge on any atom is -0.508 e. The molecule has 80 valence electrons. The fourth-order valence-electron chi connectivity index (χ4n) is 1.78. The predicted octanol–water partition coefficient (Wildman–Crippen LogP) is 2.34. The van der Waals surface area contributed by atoms with Crippen LogP contribution in [0.25, 0.3) is 0 Å². The number of nitrogens with one attached hydrogen (secondary N) is 1. The van der Waals surface area contributed by atoms with Crippen molar-refractivity contribution in [3.05, 3.63) is 41.7 Å². The van der Waals surface area contributed by atoms with Crippen molar-refractivity contribution in [2.75, 3.05) is 0 Å². The molecule has 1 aliphatic rings. The highest BCUT2D eigenvalue weighted by molar-refractivity contribution is 5.28. The molecule has 0 fully saturated rings. The first-order chi connectivity index (χ1) is 7.24. The highest BCUT2D eigenvalue weighted by Gasteiger charge is 2.09. The number of aromatic hydroxyl groups is 1. The molecule has 0 atom stereocenters. The molecule has 1 aromatic carbocycles. The van der Waals surface area contributed by atoms with Gasteiger partial charge in [0.15, 0.2) is 0 Å². The fourth-order valence-corrected chi connectivity index (χ4v) is 1.78. The second-order valence-electron chi connectivity index (χ2n) is 3.84. The lowest BCUT2D eigenvalue weighted by Gasteiger charge is -2.11. The van der Waals surface area contributed by atoms with E-state index in [0.717, 1.165) is 24.5 Å². The molecule has 15 heavy (non-hydrogen) atoms. The van der Waals surface area contributed by atoms with E-state index in [2.05, 4.69) is 17.5 Å². The summed E-state index contributed by atoms with van der Waals surface area (Å²) in [6.45, 7) is 0.595. The van der Waals surface area contributed by atoms with E-state index in [-0.39, 0.29) is 5.75 Å². The van der Waals surface area contributed by atoms with Crippen LogP contribution in [0.4, 0.5) is 4.39 Å². The van der Waals surface area contributed by atoms with E-state index in [4.69, 9.17) is 0 Å². The van der Waals surface area contributed by atoms with Crippen LogP contribution < -0.4 is 5.32 Å². The molecule has 0 amide bonds. The fraction of sp³-hybridized carbons (Fsp3) is 0.333. The molecule has 0 aliphatic heterocycles. The second kappa shape index (κ2) is 4.45. The third-order valence-electron chi connectivity index (χ3n) is 2.55. The standard InChI is InChI=1S/C12H14FNO/c13-10-5-9(6-12(15)7-10)8-14-11-3-1-2-4-11/h1-2,5-7,11,14-15H,3-4,8H2. The monoisotopic (exact) mass is 207 g/mol. The average molecular weight is 207 g/mol. The van der Waals surface area contributed by atoms with Crippen LogP contribution in [-0.4, -0.2) is 11.1 Å². The van der Waals surface area contributed by atoms with Crippen LogP contribution >= 0.6 is 0 Å². The van der Waals surface area contributed by atoms with E-state index in [9.17, 15) is 9.50 Å². The third-order valence-corrected chi connectivity index (χ3v) is 2.55. The maximum Gasteiger partial charge on any atom is 0.127 e. The van der Waals surface area contributed by atoms with Gasteiger partial charge in [-0.3, -0.25) is 0 Å². The molecule has 2 nitrogen and oxygen atoms in total. The summed E-state index contributed by atoms with van der Waals surface area (Å²) in [5, 5.41) is 12.5. The van der Waals surface area contributed by atoms with Crippen molar-refractivity contribution in [2.45, 2.75) is 25.4 Å². The molecule has 0 heterocycles. The van der Waals surface area contributed by atoms with Gasteiger partial charge < -0.3 is 10.4 Å². The molecule has 0 saturated carbocycles. The Labute approximate surface area is 88.4 Å². The van der Waals surface area contributed by atoms with Crippen LogP contribution in [0.2, 0.25) is 0 Å². The molecule has 1 aromatic rings. The number of halogens is 1. The topological polar surface area (TPSA) is 32.3 Å². The third kappa shape index (κ3) is 2.80. The van der Waals surface area contributed by atoms with Crippen LogP contribution in [-0.2, 0) is 6.54 Å². The Morgan fingerprint density at radius 3 is 2.67 bits per heavy atom. The van der Waals surface area contributed by atoms with Crippen LogP contribution in [0.1, 0.15) is 18.4 Å². The number of hydrogen-bond acceptors (Lipinski definition) is 2. The summed E-state index contributed by atoms with van der Waals surface area (Å²) >= 11 is 0. The lowest BCUT2D eigenvalue weighted by atomic mass is 10.1. The number of rotatable bonds is 3.